The number of carbonyl (C=O) groups is 1. The number of hydrogen-bond donors (Lipinski definition) is 0. The van der Waals surface area contributed by atoms with Crippen LogP contribution in [-0.2, 0) is 14.3 Å². The molecule has 1 aliphatic heterocycles. The van der Waals surface area contributed by atoms with Crippen molar-refractivity contribution in [2.24, 2.45) is 0 Å². The van der Waals surface area contributed by atoms with Crippen molar-refractivity contribution in [2.45, 2.75) is 31.9 Å². The van der Waals surface area contributed by atoms with Crippen molar-refractivity contribution in [1.29, 1.82) is 0 Å². The van der Waals surface area contributed by atoms with Gasteiger partial charge in [-0.25, -0.2) is 8.78 Å². The number of methoxy groups -OCH3 is 1. The number of piperazine rings is 1. The van der Waals surface area contributed by atoms with E-state index in [1.54, 1.807) is 24.3 Å². The van der Waals surface area contributed by atoms with Crippen molar-refractivity contribution >= 4 is 30.8 Å². The summed E-state index contributed by atoms with van der Waals surface area (Å²) in [5.74, 6) is -0.777. The van der Waals surface area contributed by atoms with Crippen molar-refractivity contribution in [3.63, 3.8) is 0 Å². The zero-order chi connectivity index (χ0) is 22.9. The summed E-state index contributed by atoms with van der Waals surface area (Å²) < 4.78 is 37.9. The minimum atomic E-state index is -0.397. The predicted molar refractivity (Wildman–Crippen MR) is 134 cm³/mol. The van der Waals surface area contributed by atoms with E-state index in [1.807, 2.05) is 0 Å². The molecule has 0 saturated carbocycles. The number of nitrogens with zero attached hydrogens (tertiary/aromatic N) is 2. The lowest BCUT2D eigenvalue weighted by molar-refractivity contribution is -0.148. The first-order chi connectivity index (χ1) is 15.5. The number of halogens is 4. The van der Waals surface area contributed by atoms with Gasteiger partial charge in [0.05, 0.1) is 13.7 Å². The van der Waals surface area contributed by atoms with E-state index in [2.05, 4.69) is 16.7 Å². The van der Waals surface area contributed by atoms with E-state index >= 15 is 0 Å². The van der Waals surface area contributed by atoms with Gasteiger partial charge in [-0.2, -0.15) is 0 Å². The highest BCUT2D eigenvalue weighted by molar-refractivity contribution is 5.85. The Balaban J connectivity index is 0.00000289. The van der Waals surface area contributed by atoms with Crippen LogP contribution in [0.25, 0.3) is 0 Å². The molecule has 1 saturated heterocycles. The molecule has 5 nitrogen and oxygen atoms in total. The van der Waals surface area contributed by atoms with Crippen LogP contribution in [0.4, 0.5) is 8.78 Å². The fraction of sp³-hybridized carbons (Fsp3) is 0.480. The van der Waals surface area contributed by atoms with Gasteiger partial charge in [-0.05, 0) is 41.8 Å². The van der Waals surface area contributed by atoms with Crippen LogP contribution in [-0.4, -0.2) is 68.3 Å². The Morgan fingerprint density at radius 1 is 0.912 bits per heavy atom. The van der Waals surface area contributed by atoms with Crippen LogP contribution in [0.3, 0.4) is 0 Å². The molecular formula is C25H34Cl2F2N2O3. The van der Waals surface area contributed by atoms with Crippen LogP contribution >= 0.6 is 24.8 Å². The van der Waals surface area contributed by atoms with Gasteiger partial charge in [0.15, 0.2) is 0 Å². The normalized spacial score (nSPS) is 15.3. The van der Waals surface area contributed by atoms with Crippen LogP contribution in [0.5, 0.6) is 0 Å². The van der Waals surface area contributed by atoms with Gasteiger partial charge in [-0.3, -0.25) is 14.6 Å². The van der Waals surface area contributed by atoms with Gasteiger partial charge in [0.25, 0.3) is 0 Å². The number of ether oxygens (including phenoxy) is 2. The van der Waals surface area contributed by atoms with E-state index in [-0.39, 0.29) is 48.5 Å². The number of benzene rings is 2. The van der Waals surface area contributed by atoms with E-state index in [4.69, 9.17) is 9.47 Å². The Labute approximate surface area is 213 Å². The maximum absolute atomic E-state index is 13.4. The van der Waals surface area contributed by atoms with Gasteiger partial charge in [-0.15, -0.1) is 24.8 Å². The van der Waals surface area contributed by atoms with Gasteiger partial charge in [0.2, 0.25) is 0 Å². The molecule has 1 aliphatic rings. The Kier molecular flexibility index (Phi) is 13.6. The fourth-order valence-electron chi connectivity index (χ4n) is 4.12. The summed E-state index contributed by atoms with van der Waals surface area (Å²) in [6.45, 7) is 6.59. The lowest BCUT2D eigenvalue weighted by Gasteiger charge is -2.38. The zero-order valence-corrected chi connectivity index (χ0v) is 21.3. The highest BCUT2D eigenvalue weighted by Gasteiger charge is 2.29. The second kappa shape index (κ2) is 15.3. The minimum absolute atomic E-state index is 0. The Morgan fingerprint density at radius 2 is 1.41 bits per heavy atom. The van der Waals surface area contributed by atoms with Crippen LogP contribution < -0.4 is 0 Å². The van der Waals surface area contributed by atoms with Gasteiger partial charge in [0.1, 0.15) is 23.8 Å². The van der Waals surface area contributed by atoms with E-state index < -0.39 is 6.10 Å². The third kappa shape index (κ3) is 8.47. The minimum Gasteiger partial charge on any atom is -0.468 e. The first kappa shape index (κ1) is 30.3. The molecule has 1 unspecified atom stereocenters. The topological polar surface area (TPSA) is 42.0 Å². The lowest BCUT2D eigenvalue weighted by atomic mass is 10.0. The molecule has 0 spiro atoms. The summed E-state index contributed by atoms with van der Waals surface area (Å²) in [7, 11) is 1.44. The Hall–Kier alpha value is -1.77. The maximum Gasteiger partial charge on any atom is 0.323 e. The molecule has 2 aromatic rings. The Morgan fingerprint density at radius 3 is 1.85 bits per heavy atom. The molecule has 1 atom stereocenters. The summed E-state index contributed by atoms with van der Waals surface area (Å²) in [4.78, 5) is 16.6. The molecular weight excluding hydrogens is 485 g/mol. The average molecular weight is 519 g/mol. The van der Waals surface area contributed by atoms with E-state index in [9.17, 15) is 13.6 Å². The highest BCUT2D eigenvalue weighted by Crippen LogP contribution is 2.26. The number of esters is 1. The SMILES string of the molecule is CCCC(C(=O)OC)N1CCN(CCOC(c2ccc(F)cc2)c2ccc(F)cc2)CC1.Cl.Cl. The summed E-state index contributed by atoms with van der Waals surface area (Å²) >= 11 is 0. The van der Waals surface area contributed by atoms with E-state index in [0.717, 1.165) is 56.7 Å². The largest absolute Gasteiger partial charge is 0.468 e. The van der Waals surface area contributed by atoms with E-state index in [1.165, 1.54) is 31.4 Å². The smallest absolute Gasteiger partial charge is 0.323 e. The third-order valence-electron chi connectivity index (χ3n) is 5.92. The Bertz CT molecular complexity index is 803. The molecule has 0 amide bonds. The van der Waals surface area contributed by atoms with Gasteiger partial charge in [0, 0.05) is 32.7 Å². The van der Waals surface area contributed by atoms with Crippen molar-refractivity contribution in [2.75, 3.05) is 46.4 Å². The van der Waals surface area contributed by atoms with Crippen LogP contribution in [0.15, 0.2) is 48.5 Å². The van der Waals surface area contributed by atoms with Gasteiger partial charge < -0.3 is 9.47 Å². The third-order valence-corrected chi connectivity index (χ3v) is 5.92. The first-order valence-electron chi connectivity index (χ1n) is 11.2. The second-order valence-electron chi connectivity index (χ2n) is 8.06. The molecule has 1 heterocycles. The molecule has 0 bridgehead atoms. The van der Waals surface area contributed by atoms with E-state index in [0.29, 0.717) is 6.61 Å². The summed E-state index contributed by atoms with van der Waals surface area (Å²) in [6.07, 6.45) is 1.33. The van der Waals surface area contributed by atoms with Gasteiger partial charge in [-0.1, -0.05) is 37.6 Å². The first-order valence-corrected chi connectivity index (χ1v) is 11.2. The molecule has 0 radical (unpaired) electrons. The molecule has 0 aliphatic carbocycles. The molecule has 2 aromatic carbocycles. The van der Waals surface area contributed by atoms with Crippen LogP contribution in [0, 0.1) is 11.6 Å². The molecule has 0 N–H and O–H groups in total. The van der Waals surface area contributed by atoms with Crippen molar-refractivity contribution in [1.82, 2.24) is 9.80 Å². The fourth-order valence-corrected chi connectivity index (χ4v) is 4.12. The molecule has 34 heavy (non-hydrogen) atoms. The monoisotopic (exact) mass is 518 g/mol. The average Bonchev–Trinajstić information content (AvgIpc) is 2.82. The van der Waals surface area contributed by atoms with Crippen molar-refractivity contribution in [3.8, 4) is 0 Å². The number of hydrogen-bond acceptors (Lipinski definition) is 5. The van der Waals surface area contributed by atoms with Crippen molar-refractivity contribution < 1.29 is 23.0 Å². The molecule has 190 valence electrons. The quantitative estimate of drug-likeness (QED) is 0.419. The molecule has 9 heteroatoms. The molecule has 3 rings (SSSR count). The van der Waals surface area contributed by atoms with Gasteiger partial charge >= 0.3 is 5.97 Å². The lowest BCUT2D eigenvalue weighted by Crippen LogP contribution is -2.53. The predicted octanol–water partition coefficient (Wildman–Crippen LogP) is 4.87. The highest BCUT2D eigenvalue weighted by atomic mass is 35.5. The standard InChI is InChI=1S/C25H32F2N2O3.2ClH/c1-3-4-23(25(30)31-2)29-15-13-28(14-16-29)17-18-32-24(19-5-9-21(26)10-6-19)20-7-11-22(27)12-8-20;;/h5-12,23-24H,3-4,13-18H2,1-2H3;2*1H. The summed E-state index contributed by atoms with van der Waals surface area (Å²) in [5.41, 5.74) is 1.65. The number of carbonyl (C=O) groups excluding carboxylic acids is 1. The summed E-state index contributed by atoms with van der Waals surface area (Å²) in [5, 5.41) is 0. The van der Waals surface area contributed by atoms with Crippen LogP contribution in [0.2, 0.25) is 0 Å². The molecule has 0 aromatic heterocycles. The van der Waals surface area contributed by atoms with Crippen LogP contribution in [0.1, 0.15) is 37.0 Å². The molecule has 1 fully saturated rings. The number of rotatable bonds is 10. The van der Waals surface area contributed by atoms with Crippen molar-refractivity contribution in [3.05, 3.63) is 71.3 Å². The zero-order valence-electron chi connectivity index (χ0n) is 19.6. The second-order valence-corrected chi connectivity index (χ2v) is 8.06. The maximum atomic E-state index is 13.4. The summed E-state index contributed by atoms with van der Waals surface area (Å²) in [6, 6.07) is 12.2.